The molecule has 4 nitrogen and oxygen atoms in total. The smallest absolute Gasteiger partial charge is 0.315 e. The molecular weight excluding hydrogens is 282 g/mol. The molecule has 5 heteroatoms. The van der Waals surface area contributed by atoms with E-state index in [1.807, 2.05) is 22.8 Å². The molecule has 3 rings (SSSR count). The number of H-pyrrole nitrogens is 1. The average Bonchev–Trinajstić information content (AvgIpc) is 2.68. The van der Waals surface area contributed by atoms with Crippen LogP contribution in [0, 0.1) is 0 Å². The first kappa shape index (κ1) is 11.0. The van der Waals surface area contributed by atoms with E-state index in [0.717, 1.165) is 41.4 Å². The lowest BCUT2D eigenvalue weighted by Crippen LogP contribution is -2.35. The molecule has 1 aromatic heterocycles. The Morgan fingerprint density at radius 3 is 3.06 bits per heavy atom. The van der Waals surface area contributed by atoms with Crippen LogP contribution in [0.4, 0.5) is 0 Å². The van der Waals surface area contributed by atoms with E-state index in [1.165, 1.54) is 0 Å². The lowest BCUT2D eigenvalue weighted by molar-refractivity contribution is 0.372. The van der Waals surface area contributed by atoms with E-state index in [2.05, 4.69) is 26.2 Å². The Labute approximate surface area is 107 Å². The van der Waals surface area contributed by atoms with E-state index in [4.69, 9.17) is 0 Å². The Kier molecular flexibility index (Phi) is 2.80. The Hall–Kier alpha value is -1.07. The molecule has 0 aliphatic carbocycles. The first-order chi connectivity index (χ1) is 8.27. The lowest BCUT2D eigenvalue weighted by Gasteiger charge is -2.23. The van der Waals surface area contributed by atoms with Gasteiger partial charge in [-0.25, -0.2) is 4.79 Å². The van der Waals surface area contributed by atoms with E-state index in [9.17, 15) is 4.79 Å². The van der Waals surface area contributed by atoms with Crippen LogP contribution in [-0.4, -0.2) is 22.6 Å². The highest BCUT2D eigenvalue weighted by atomic mass is 79.9. The van der Waals surface area contributed by atoms with Crippen molar-refractivity contribution >= 4 is 27.0 Å². The molecule has 1 aliphatic rings. The molecule has 1 unspecified atom stereocenters. The van der Waals surface area contributed by atoms with E-state index in [0.29, 0.717) is 0 Å². The molecule has 2 heterocycles. The minimum atomic E-state index is -0.0133. The molecule has 2 N–H and O–H groups in total. The molecule has 0 radical (unpaired) electrons. The minimum Gasteiger partial charge on any atom is -0.315 e. The van der Waals surface area contributed by atoms with Crippen LogP contribution in [0.2, 0.25) is 0 Å². The predicted octanol–water partition coefficient (Wildman–Crippen LogP) is 2.02. The number of hydrogen-bond acceptors (Lipinski definition) is 2. The Bertz CT molecular complexity index is 595. The quantitative estimate of drug-likeness (QED) is 0.846. The molecule has 1 fully saturated rings. The summed E-state index contributed by atoms with van der Waals surface area (Å²) in [6, 6.07) is 6.17. The van der Waals surface area contributed by atoms with Gasteiger partial charge in [0.1, 0.15) is 0 Å². The van der Waals surface area contributed by atoms with Crippen LogP contribution in [0.5, 0.6) is 0 Å². The number of nitrogens with one attached hydrogen (secondary N) is 2. The second-order valence-electron chi connectivity index (χ2n) is 4.43. The normalized spacial score (nSPS) is 20.9. The number of para-hydroxylation sites is 1. The third kappa shape index (κ3) is 1.83. The Balaban J connectivity index is 2.18. The zero-order valence-corrected chi connectivity index (χ0v) is 11.0. The lowest BCUT2D eigenvalue weighted by atomic mass is 10.1. The fourth-order valence-corrected chi connectivity index (χ4v) is 2.98. The van der Waals surface area contributed by atoms with Gasteiger partial charge in [0.25, 0.3) is 0 Å². The molecule has 17 heavy (non-hydrogen) atoms. The summed E-state index contributed by atoms with van der Waals surface area (Å²) < 4.78 is 2.82. The van der Waals surface area contributed by atoms with Crippen LogP contribution >= 0.6 is 15.9 Å². The Morgan fingerprint density at radius 2 is 2.29 bits per heavy atom. The number of aromatic nitrogens is 2. The van der Waals surface area contributed by atoms with Crippen LogP contribution in [0.25, 0.3) is 11.0 Å². The van der Waals surface area contributed by atoms with Crippen LogP contribution in [-0.2, 0) is 0 Å². The summed E-state index contributed by atoms with van der Waals surface area (Å²) in [5.41, 5.74) is 1.86. The second kappa shape index (κ2) is 4.31. The summed E-state index contributed by atoms with van der Waals surface area (Å²) in [4.78, 5) is 15.0. The maximum atomic E-state index is 12.0. The van der Waals surface area contributed by atoms with Gasteiger partial charge in [0, 0.05) is 11.0 Å². The van der Waals surface area contributed by atoms with Gasteiger partial charge in [-0.1, -0.05) is 6.07 Å². The molecule has 1 aromatic carbocycles. The van der Waals surface area contributed by atoms with Crippen molar-refractivity contribution in [2.75, 3.05) is 13.1 Å². The SMILES string of the molecule is O=c1[nH]c2c(Br)cccc2n1C1CCCNC1. The fraction of sp³-hybridized carbons (Fsp3) is 0.417. The van der Waals surface area contributed by atoms with E-state index >= 15 is 0 Å². The van der Waals surface area contributed by atoms with Crippen molar-refractivity contribution in [3.05, 3.63) is 33.2 Å². The number of hydrogen-bond donors (Lipinski definition) is 2. The van der Waals surface area contributed by atoms with Crippen molar-refractivity contribution in [2.45, 2.75) is 18.9 Å². The summed E-state index contributed by atoms with van der Waals surface area (Å²) in [6.07, 6.45) is 2.18. The van der Waals surface area contributed by atoms with Crippen molar-refractivity contribution in [1.29, 1.82) is 0 Å². The Morgan fingerprint density at radius 1 is 1.41 bits per heavy atom. The van der Waals surface area contributed by atoms with Crippen molar-refractivity contribution in [1.82, 2.24) is 14.9 Å². The zero-order chi connectivity index (χ0) is 11.8. The van der Waals surface area contributed by atoms with Gasteiger partial charge in [-0.05, 0) is 47.4 Å². The number of halogens is 1. The largest absolute Gasteiger partial charge is 0.326 e. The number of nitrogens with zero attached hydrogens (tertiary/aromatic N) is 1. The van der Waals surface area contributed by atoms with Crippen molar-refractivity contribution < 1.29 is 0 Å². The van der Waals surface area contributed by atoms with E-state index < -0.39 is 0 Å². The zero-order valence-electron chi connectivity index (χ0n) is 9.37. The number of rotatable bonds is 1. The molecule has 2 aromatic rings. The number of fused-ring (bicyclic) bond motifs is 1. The minimum absolute atomic E-state index is 0.0133. The van der Waals surface area contributed by atoms with Crippen LogP contribution in [0.1, 0.15) is 18.9 Å². The summed E-state index contributed by atoms with van der Waals surface area (Å²) >= 11 is 3.47. The molecule has 0 saturated carbocycles. The highest BCUT2D eigenvalue weighted by molar-refractivity contribution is 9.10. The molecular formula is C12H14BrN3O. The number of piperidine rings is 1. The van der Waals surface area contributed by atoms with Gasteiger partial charge in [-0.15, -0.1) is 0 Å². The van der Waals surface area contributed by atoms with Gasteiger partial charge < -0.3 is 10.3 Å². The molecule has 0 spiro atoms. The van der Waals surface area contributed by atoms with Gasteiger partial charge in [0.15, 0.2) is 0 Å². The maximum Gasteiger partial charge on any atom is 0.326 e. The van der Waals surface area contributed by atoms with Crippen LogP contribution in [0.3, 0.4) is 0 Å². The third-order valence-electron chi connectivity index (χ3n) is 3.34. The molecule has 1 atom stereocenters. The predicted molar refractivity (Wildman–Crippen MR) is 71.4 cm³/mol. The van der Waals surface area contributed by atoms with Crippen molar-refractivity contribution in [3.8, 4) is 0 Å². The maximum absolute atomic E-state index is 12.0. The van der Waals surface area contributed by atoms with Gasteiger partial charge in [-0.3, -0.25) is 4.57 Å². The third-order valence-corrected chi connectivity index (χ3v) is 4.00. The first-order valence-corrected chi connectivity index (χ1v) is 6.66. The van der Waals surface area contributed by atoms with Crippen LogP contribution in [0.15, 0.2) is 27.5 Å². The van der Waals surface area contributed by atoms with Gasteiger partial charge in [0.2, 0.25) is 0 Å². The van der Waals surface area contributed by atoms with Crippen LogP contribution < -0.4 is 11.0 Å². The fourth-order valence-electron chi connectivity index (χ4n) is 2.53. The monoisotopic (exact) mass is 295 g/mol. The molecule has 0 bridgehead atoms. The average molecular weight is 296 g/mol. The molecule has 90 valence electrons. The first-order valence-electron chi connectivity index (χ1n) is 5.87. The van der Waals surface area contributed by atoms with Gasteiger partial charge in [0.05, 0.1) is 17.1 Å². The summed E-state index contributed by atoms with van der Waals surface area (Å²) in [6.45, 7) is 1.93. The molecule has 0 amide bonds. The molecule has 1 saturated heterocycles. The highest BCUT2D eigenvalue weighted by Gasteiger charge is 2.19. The van der Waals surface area contributed by atoms with Gasteiger partial charge >= 0.3 is 5.69 Å². The highest BCUT2D eigenvalue weighted by Crippen LogP contribution is 2.24. The van der Waals surface area contributed by atoms with E-state index in [1.54, 1.807) is 0 Å². The summed E-state index contributed by atoms with van der Waals surface area (Å²) in [5.74, 6) is 0. The number of aromatic amines is 1. The topological polar surface area (TPSA) is 49.8 Å². The standard InChI is InChI=1S/C12H14BrN3O/c13-9-4-1-5-10-11(9)15-12(17)16(10)8-3-2-6-14-7-8/h1,4-5,8,14H,2-3,6-7H2,(H,15,17). The summed E-state index contributed by atoms with van der Waals surface area (Å²) in [7, 11) is 0. The van der Waals surface area contributed by atoms with Crippen molar-refractivity contribution in [2.24, 2.45) is 0 Å². The summed E-state index contributed by atoms with van der Waals surface area (Å²) in [5, 5.41) is 3.34. The molecule has 1 aliphatic heterocycles. The second-order valence-corrected chi connectivity index (χ2v) is 5.29. The van der Waals surface area contributed by atoms with E-state index in [-0.39, 0.29) is 11.7 Å². The number of benzene rings is 1. The number of imidazole rings is 1. The van der Waals surface area contributed by atoms with Crippen molar-refractivity contribution in [3.63, 3.8) is 0 Å². The van der Waals surface area contributed by atoms with Gasteiger partial charge in [-0.2, -0.15) is 0 Å².